The highest BCUT2D eigenvalue weighted by Gasteiger charge is 2.09. The molecular formula is C20H19Cl2NS2. The zero-order chi connectivity index (χ0) is 17.8. The van der Waals surface area contributed by atoms with Crippen molar-refractivity contribution in [3.8, 4) is 0 Å². The van der Waals surface area contributed by atoms with Crippen LogP contribution < -0.4 is 0 Å². The number of halogens is 2. The molecule has 0 unspecified atom stereocenters. The molecule has 3 aromatic rings. The lowest BCUT2D eigenvalue weighted by Crippen LogP contribution is -1.92. The van der Waals surface area contributed by atoms with E-state index in [4.69, 9.17) is 28.2 Å². The molecule has 5 heteroatoms. The number of rotatable bonds is 6. The van der Waals surface area contributed by atoms with Gasteiger partial charge in [0.2, 0.25) is 0 Å². The normalized spacial score (nSPS) is 11.2. The van der Waals surface area contributed by atoms with Gasteiger partial charge in [0.05, 0.1) is 20.7 Å². The van der Waals surface area contributed by atoms with E-state index in [-0.39, 0.29) is 0 Å². The number of aromatic nitrogens is 1. The van der Waals surface area contributed by atoms with Crippen molar-refractivity contribution in [2.45, 2.75) is 36.8 Å². The predicted molar refractivity (Wildman–Crippen MR) is 111 cm³/mol. The first kappa shape index (κ1) is 18.8. The minimum absolute atomic E-state index is 0.532. The Morgan fingerprint density at radius 1 is 1.08 bits per heavy atom. The van der Waals surface area contributed by atoms with E-state index < -0.39 is 0 Å². The van der Waals surface area contributed by atoms with Crippen LogP contribution in [-0.4, -0.2) is 4.98 Å². The molecule has 0 radical (unpaired) electrons. The van der Waals surface area contributed by atoms with Crippen LogP contribution in [0.15, 0.2) is 52.7 Å². The topological polar surface area (TPSA) is 12.9 Å². The summed E-state index contributed by atoms with van der Waals surface area (Å²) in [5.74, 6) is 1.42. The summed E-state index contributed by atoms with van der Waals surface area (Å²) < 4.78 is 0. The molecule has 0 N–H and O–H groups in total. The minimum atomic E-state index is 0.532. The average Bonchev–Trinajstić information content (AvgIpc) is 3.04. The molecule has 0 saturated carbocycles. The second kappa shape index (κ2) is 8.59. The number of hydrogen-bond acceptors (Lipinski definition) is 3. The summed E-state index contributed by atoms with van der Waals surface area (Å²) in [6.45, 7) is 4.47. The zero-order valence-electron chi connectivity index (χ0n) is 14.1. The molecule has 0 fully saturated rings. The van der Waals surface area contributed by atoms with E-state index in [0.29, 0.717) is 16.0 Å². The van der Waals surface area contributed by atoms with Crippen molar-refractivity contribution in [1.29, 1.82) is 0 Å². The van der Waals surface area contributed by atoms with Crippen LogP contribution in [0.25, 0.3) is 0 Å². The lowest BCUT2D eigenvalue weighted by molar-refractivity contribution is 0.842. The largest absolute Gasteiger partial charge is 0.245 e. The summed E-state index contributed by atoms with van der Waals surface area (Å²) in [5, 5.41) is 4.44. The van der Waals surface area contributed by atoms with Crippen LogP contribution in [-0.2, 0) is 12.2 Å². The summed E-state index contributed by atoms with van der Waals surface area (Å²) in [5.41, 5.74) is 3.66. The van der Waals surface area contributed by atoms with Gasteiger partial charge in [-0.1, -0.05) is 61.3 Å². The number of nitrogens with zero attached hydrogens (tertiary/aromatic N) is 1. The van der Waals surface area contributed by atoms with Gasteiger partial charge in [-0.15, -0.1) is 23.1 Å². The number of hydrogen-bond donors (Lipinski definition) is 0. The Hall–Kier alpha value is -1.00. The van der Waals surface area contributed by atoms with Gasteiger partial charge >= 0.3 is 0 Å². The standard InChI is InChI=1S/C20H19Cl2NS2/c1-13(2)16-5-3-4-6-19(16)24-11-15-12-25-20(23-15)10-14-7-8-17(21)18(22)9-14/h3-9,12-13H,10-11H2,1-2H3. The zero-order valence-corrected chi connectivity index (χ0v) is 17.3. The molecule has 1 aromatic heterocycles. The third kappa shape index (κ3) is 5.01. The first-order chi connectivity index (χ1) is 12.0. The SMILES string of the molecule is CC(C)c1ccccc1SCc1csc(Cc2ccc(Cl)c(Cl)c2)n1. The van der Waals surface area contributed by atoms with Gasteiger partial charge < -0.3 is 0 Å². The second-order valence-electron chi connectivity index (χ2n) is 6.14. The quantitative estimate of drug-likeness (QED) is 0.393. The third-order valence-electron chi connectivity index (χ3n) is 3.86. The monoisotopic (exact) mass is 407 g/mol. The summed E-state index contributed by atoms with van der Waals surface area (Å²) >= 11 is 15.6. The second-order valence-corrected chi connectivity index (χ2v) is 8.91. The molecule has 0 aliphatic rings. The van der Waals surface area contributed by atoms with E-state index in [1.165, 1.54) is 10.5 Å². The Bertz CT molecular complexity index is 858. The van der Waals surface area contributed by atoms with Crippen molar-refractivity contribution in [2.75, 3.05) is 0 Å². The van der Waals surface area contributed by atoms with Gasteiger partial charge in [0.1, 0.15) is 0 Å². The Balaban J connectivity index is 1.65. The van der Waals surface area contributed by atoms with Crippen molar-refractivity contribution in [2.24, 2.45) is 0 Å². The Morgan fingerprint density at radius 3 is 2.64 bits per heavy atom. The highest BCUT2D eigenvalue weighted by molar-refractivity contribution is 7.98. The molecule has 0 aliphatic heterocycles. The molecular weight excluding hydrogens is 389 g/mol. The lowest BCUT2D eigenvalue weighted by atomic mass is 10.0. The van der Waals surface area contributed by atoms with Gasteiger partial charge in [-0.3, -0.25) is 0 Å². The Labute approximate surface area is 167 Å². The maximum atomic E-state index is 6.09. The smallest absolute Gasteiger partial charge is 0.0972 e. The van der Waals surface area contributed by atoms with Crippen molar-refractivity contribution >= 4 is 46.3 Å². The highest BCUT2D eigenvalue weighted by atomic mass is 35.5. The first-order valence-electron chi connectivity index (χ1n) is 8.12. The van der Waals surface area contributed by atoms with E-state index in [1.54, 1.807) is 11.3 Å². The number of benzene rings is 2. The molecule has 0 spiro atoms. The van der Waals surface area contributed by atoms with E-state index >= 15 is 0 Å². The van der Waals surface area contributed by atoms with Crippen LogP contribution in [0, 0.1) is 0 Å². The minimum Gasteiger partial charge on any atom is -0.245 e. The van der Waals surface area contributed by atoms with Crippen LogP contribution in [0.4, 0.5) is 0 Å². The predicted octanol–water partition coefficient (Wildman–Crippen LogP) is 7.46. The van der Waals surface area contributed by atoms with E-state index in [9.17, 15) is 0 Å². The lowest BCUT2D eigenvalue weighted by Gasteiger charge is -2.11. The van der Waals surface area contributed by atoms with E-state index in [1.807, 2.05) is 30.0 Å². The van der Waals surface area contributed by atoms with Gasteiger partial charge in [-0.2, -0.15) is 0 Å². The summed E-state index contributed by atoms with van der Waals surface area (Å²) in [7, 11) is 0. The molecule has 1 heterocycles. The van der Waals surface area contributed by atoms with Crippen molar-refractivity contribution < 1.29 is 0 Å². The number of thiazole rings is 1. The molecule has 0 amide bonds. The van der Waals surface area contributed by atoms with Gasteiger partial charge in [0, 0.05) is 22.4 Å². The Morgan fingerprint density at radius 2 is 1.88 bits per heavy atom. The molecule has 0 bridgehead atoms. The molecule has 0 atom stereocenters. The van der Waals surface area contributed by atoms with Crippen molar-refractivity contribution in [1.82, 2.24) is 4.98 Å². The Kier molecular flexibility index (Phi) is 6.45. The van der Waals surface area contributed by atoms with E-state index in [0.717, 1.165) is 28.4 Å². The first-order valence-corrected chi connectivity index (χ1v) is 10.7. The van der Waals surface area contributed by atoms with Gasteiger partial charge in [-0.05, 0) is 35.2 Å². The summed E-state index contributed by atoms with van der Waals surface area (Å²) in [6.07, 6.45) is 0.787. The highest BCUT2D eigenvalue weighted by Crippen LogP contribution is 2.31. The van der Waals surface area contributed by atoms with Crippen LogP contribution in [0.1, 0.15) is 41.6 Å². The average molecular weight is 408 g/mol. The van der Waals surface area contributed by atoms with Gasteiger partial charge in [0.15, 0.2) is 0 Å². The van der Waals surface area contributed by atoms with Gasteiger partial charge in [-0.25, -0.2) is 4.98 Å². The maximum absolute atomic E-state index is 6.09. The van der Waals surface area contributed by atoms with Crippen molar-refractivity contribution in [3.63, 3.8) is 0 Å². The molecule has 0 aliphatic carbocycles. The molecule has 25 heavy (non-hydrogen) atoms. The fourth-order valence-corrected chi connectivity index (χ4v) is 4.91. The van der Waals surface area contributed by atoms with E-state index in [2.05, 4.69) is 43.5 Å². The fraction of sp³-hybridized carbons (Fsp3) is 0.250. The van der Waals surface area contributed by atoms with Crippen LogP contribution >= 0.6 is 46.3 Å². The molecule has 0 saturated heterocycles. The van der Waals surface area contributed by atoms with Gasteiger partial charge in [0.25, 0.3) is 0 Å². The summed E-state index contributed by atoms with van der Waals surface area (Å²) in [4.78, 5) is 6.11. The third-order valence-corrected chi connectivity index (χ3v) is 6.61. The number of thioether (sulfide) groups is 1. The van der Waals surface area contributed by atoms with Crippen LogP contribution in [0.3, 0.4) is 0 Å². The molecule has 3 rings (SSSR count). The van der Waals surface area contributed by atoms with Crippen LogP contribution in [0.5, 0.6) is 0 Å². The molecule has 1 nitrogen and oxygen atoms in total. The molecule has 2 aromatic carbocycles. The van der Waals surface area contributed by atoms with Crippen molar-refractivity contribution in [3.05, 3.63) is 79.7 Å². The maximum Gasteiger partial charge on any atom is 0.0972 e. The molecule has 130 valence electrons. The summed E-state index contributed by atoms with van der Waals surface area (Å²) in [6, 6.07) is 14.4. The fourth-order valence-electron chi connectivity index (χ4n) is 2.56. The van der Waals surface area contributed by atoms with Crippen LogP contribution in [0.2, 0.25) is 10.0 Å².